The number of hydrogen-bond acceptors (Lipinski definition) is 5. The van der Waals surface area contributed by atoms with Gasteiger partial charge in [0.1, 0.15) is 10.7 Å². The van der Waals surface area contributed by atoms with Gasteiger partial charge in [-0.25, -0.2) is 14.9 Å². The normalized spacial score (nSPS) is 15.4. The molecule has 1 N–H and O–H groups in total. The van der Waals surface area contributed by atoms with Gasteiger partial charge in [-0.15, -0.1) is 16.4 Å². The number of thiazole rings is 1. The van der Waals surface area contributed by atoms with E-state index in [-0.39, 0.29) is 5.89 Å². The average molecular weight is 273 g/mol. The number of rotatable bonds is 2. The van der Waals surface area contributed by atoms with Crippen molar-refractivity contribution in [2.75, 3.05) is 0 Å². The first kappa shape index (κ1) is 11.9. The van der Waals surface area contributed by atoms with Gasteiger partial charge in [-0.05, 0) is 12.8 Å². The van der Waals surface area contributed by atoms with Gasteiger partial charge in [-0.2, -0.15) is 0 Å². The first-order valence-electron chi connectivity index (χ1n) is 5.77. The van der Waals surface area contributed by atoms with Crippen molar-refractivity contribution in [3.05, 3.63) is 51.3 Å². The third-order valence-corrected chi connectivity index (χ3v) is 3.61. The fraction of sp³-hybridized carbons (Fsp3) is 0.154. The van der Waals surface area contributed by atoms with E-state index in [4.69, 9.17) is 4.42 Å². The predicted molar refractivity (Wildman–Crippen MR) is 73.7 cm³/mol. The molecule has 0 atom stereocenters. The average Bonchev–Trinajstić information content (AvgIpc) is 2.97. The summed E-state index contributed by atoms with van der Waals surface area (Å²) in [5, 5.41) is 8.69. The molecule has 6 heteroatoms. The number of allylic oxidation sites excluding steroid dienone is 5. The van der Waals surface area contributed by atoms with E-state index in [1.54, 1.807) is 0 Å². The van der Waals surface area contributed by atoms with E-state index in [9.17, 15) is 4.79 Å². The van der Waals surface area contributed by atoms with Gasteiger partial charge < -0.3 is 4.42 Å². The van der Waals surface area contributed by atoms with Crippen LogP contribution in [0.1, 0.15) is 17.8 Å². The molecule has 0 bridgehead atoms. The topological polar surface area (TPSA) is 71.8 Å². The van der Waals surface area contributed by atoms with Gasteiger partial charge in [0.25, 0.3) is 5.89 Å². The summed E-state index contributed by atoms with van der Waals surface area (Å²) in [4.78, 5) is 15.4. The zero-order valence-electron chi connectivity index (χ0n) is 10.0. The Kier molecular flexibility index (Phi) is 3.00. The van der Waals surface area contributed by atoms with Crippen LogP contribution in [0.2, 0.25) is 0 Å². The van der Waals surface area contributed by atoms with Crippen LogP contribution in [0.3, 0.4) is 0 Å². The third kappa shape index (κ3) is 2.48. The molecule has 2 heterocycles. The highest BCUT2D eigenvalue weighted by Gasteiger charge is 2.12. The lowest BCUT2D eigenvalue weighted by Crippen LogP contribution is -1.93. The Morgan fingerprint density at radius 3 is 3.11 bits per heavy atom. The minimum absolute atomic E-state index is 0.218. The molecule has 0 aromatic carbocycles. The lowest BCUT2D eigenvalue weighted by molar-refractivity contribution is 0.525. The minimum atomic E-state index is -0.575. The molecule has 0 saturated heterocycles. The van der Waals surface area contributed by atoms with E-state index >= 15 is 0 Å². The van der Waals surface area contributed by atoms with Crippen molar-refractivity contribution >= 4 is 16.9 Å². The highest BCUT2D eigenvalue weighted by Crippen LogP contribution is 2.28. The summed E-state index contributed by atoms with van der Waals surface area (Å²) in [5.41, 5.74) is 2.81. The Hall–Kier alpha value is -2.21. The Morgan fingerprint density at radius 1 is 1.42 bits per heavy atom. The molecule has 19 heavy (non-hydrogen) atoms. The number of H-pyrrole nitrogens is 1. The van der Waals surface area contributed by atoms with Crippen molar-refractivity contribution in [1.82, 2.24) is 15.2 Å². The van der Waals surface area contributed by atoms with E-state index in [1.807, 2.05) is 11.5 Å². The first-order valence-corrected chi connectivity index (χ1v) is 6.65. The van der Waals surface area contributed by atoms with Gasteiger partial charge >= 0.3 is 5.76 Å². The van der Waals surface area contributed by atoms with E-state index in [2.05, 4.69) is 33.9 Å². The molecule has 1 aliphatic carbocycles. The molecule has 0 radical (unpaired) electrons. The van der Waals surface area contributed by atoms with Gasteiger partial charge in [0.2, 0.25) is 0 Å². The van der Waals surface area contributed by atoms with Crippen molar-refractivity contribution in [3.8, 4) is 11.6 Å². The fourth-order valence-electron chi connectivity index (χ4n) is 1.76. The fourth-order valence-corrected chi connectivity index (χ4v) is 2.58. The Labute approximate surface area is 113 Å². The smallest absolute Gasteiger partial charge is 0.386 e. The Morgan fingerprint density at radius 2 is 2.32 bits per heavy atom. The Bertz CT molecular complexity index is 733. The first-order chi connectivity index (χ1) is 9.22. The number of nitrogens with zero attached hydrogens (tertiary/aromatic N) is 2. The Balaban J connectivity index is 1.93. The van der Waals surface area contributed by atoms with Crippen LogP contribution in [0.5, 0.6) is 0 Å². The molecule has 0 fully saturated rings. The molecule has 5 nitrogen and oxygen atoms in total. The second-order valence-electron chi connectivity index (χ2n) is 4.18. The summed E-state index contributed by atoms with van der Waals surface area (Å²) < 4.78 is 4.88. The molecule has 96 valence electrons. The third-order valence-electron chi connectivity index (χ3n) is 2.72. The molecule has 2 aromatic rings. The summed E-state index contributed by atoms with van der Waals surface area (Å²) in [6, 6.07) is 0. The highest BCUT2D eigenvalue weighted by molar-refractivity contribution is 7.11. The van der Waals surface area contributed by atoms with Crippen LogP contribution in [0.25, 0.3) is 17.2 Å². The van der Waals surface area contributed by atoms with Crippen LogP contribution < -0.4 is 5.76 Å². The van der Waals surface area contributed by atoms with Crippen molar-refractivity contribution < 1.29 is 4.42 Å². The second-order valence-corrected chi connectivity index (χ2v) is 5.03. The van der Waals surface area contributed by atoms with E-state index in [0.29, 0.717) is 5.69 Å². The van der Waals surface area contributed by atoms with E-state index in [1.165, 1.54) is 16.9 Å². The number of aromatic amines is 1. The van der Waals surface area contributed by atoms with Crippen molar-refractivity contribution in [2.45, 2.75) is 12.8 Å². The summed E-state index contributed by atoms with van der Waals surface area (Å²) in [6.45, 7) is 3.98. The molecule has 3 rings (SSSR count). The maximum atomic E-state index is 10.9. The van der Waals surface area contributed by atoms with E-state index in [0.717, 1.165) is 23.4 Å². The predicted octanol–water partition coefficient (Wildman–Crippen LogP) is 2.78. The van der Waals surface area contributed by atoms with E-state index < -0.39 is 5.76 Å². The summed E-state index contributed by atoms with van der Waals surface area (Å²) in [7, 11) is 0. The molecule has 0 amide bonds. The number of aromatic nitrogens is 3. The number of hydrogen-bond donors (Lipinski definition) is 1. The molecular formula is C13H11N3O2S. The van der Waals surface area contributed by atoms with Crippen molar-refractivity contribution in [3.63, 3.8) is 0 Å². The summed E-state index contributed by atoms with van der Waals surface area (Å²) >= 11 is 1.49. The van der Waals surface area contributed by atoms with Gasteiger partial charge in [-0.1, -0.05) is 30.4 Å². The van der Waals surface area contributed by atoms with Gasteiger partial charge in [0.15, 0.2) is 0 Å². The summed E-state index contributed by atoms with van der Waals surface area (Å²) in [5.74, 6) is -0.357. The van der Waals surface area contributed by atoms with Crippen LogP contribution in [0.4, 0.5) is 0 Å². The molecule has 1 aliphatic rings. The van der Waals surface area contributed by atoms with Crippen molar-refractivity contribution in [2.24, 2.45) is 0 Å². The monoisotopic (exact) mass is 273 g/mol. The lowest BCUT2D eigenvalue weighted by Gasteiger charge is -1.95. The summed E-state index contributed by atoms with van der Waals surface area (Å²) in [6.07, 6.45) is 7.98. The highest BCUT2D eigenvalue weighted by atomic mass is 32.1. The molecule has 0 aliphatic heterocycles. The second kappa shape index (κ2) is 4.81. The quantitative estimate of drug-likeness (QED) is 0.854. The molecular weight excluding hydrogens is 262 g/mol. The lowest BCUT2D eigenvalue weighted by atomic mass is 10.1. The van der Waals surface area contributed by atoms with Crippen LogP contribution in [-0.2, 0) is 0 Å². The molecule has 0 unspecified atom stereocenters. The van der Waals surface area contributed by atoms with Crippen LogP contribution in [0, 0.1) is 0 Å². The standard InChI is InChI=1S/C13H11N3O2S/c1-8-3-2-4-9(6-5-8)12-14-10(7-19-12)11-15-16-13(17)18-11/h2,4,6-7H,1,3,5H2,(H,16,17). The zero-order chi connectivity index (χ0) is 13.2. The van der Waals surface area contributed by atoms with Crippen LogP contribution in [-0.4, -0.2) is 15.2 Å². The van der Waals surface area contributed by atoms with Crippen molar-refractivity contribution in [1.29, 1.82) is 0 Å². The van der Waals surface area contributed by atoms with Crippen LogP contribution in [0.15, 0.2) is 45.0 Å². The molecule has 0 saturated carbocycles. The maximum absolute atomic E-state index is 10.9. The van der Waals surface area contributed by atoms with Gasteiger partial charge in [0, 0.05) is 11.0 Å². The van der Waals surface area contributed by atoms with Gasteiger partial charge in [0.05, 0.1) is 0 Å². The minimum Gasteiger partial charge on any atom is -0.386 e. The SMILES string of the molecule is C=C1CC=CC(c2nc(-c3n[nH]c(=O)o3)cs2)=CC1. The van der Waals surface area contributed by atoms with Crippen LogP contribution >= 0.6 is 11.3 Å². The van der Waals surface area contributed by atoms with Gasteiger partial charge in [-0.3, -0.25) is 0 Å². The molecule has 2 aromatic heterocycles. The largest absolute Gasteiger partial charge is 0.434 e. The maximum Gasteiger partial charge on any atom is 0.434 e. The molecule has 0 spiro atoms. The zero-order valence-corrected chi connectivity index (χ0v) is 10.9. The number of nitrogens with one attached hydrogen (secondary N) is 1.